The Labute approximate surface area is 192 Å². The second kappa shape index (κ2) is 8.79. The first-order valence-corrected chi connectivity index (χ1v) is 11.2. The van der Waals surface area contributed by atoms with Crippen molar-refractivity contribution in [2.45, 2.75) is 33.6 Å². The van der Waals surface area contributed by atoms with Gasteiger partial charge in [0.1, 0.15) is 10.7 Å². The van der Waals surface area contributed by atoms with Gasteiger partial charge in [0.15, 0.2) is 0 Å². The number of carbonyl (C=O) groups is 3. The van der Waals surface area contributed by atoms with Gasteiger partial charge in [-0.25, -0.2) is 4.90 Å². The number of amides is 3. The van der Waals surface area contributed by atoms with E-state index in [1.54, 1.807) is 30.3 Å². The Morgan fingerprint density at radius 1 is 1.06 bits per heavy atom. The fourth-order valence-corrected chi connectivity index (χ4v) is 4.40. The van der Waals surface area contributed by atoms with E-state index in [9.17, 15) is 14.4 Å². The molecule has 6 nitrogen and oxygen atoms in total. The molecule has 2 aliphatic heterocycles. The summed E-state index contributed by atoms with van der Waals surface area (Å²) in [7, 11) is 0. The topological polar surface area (TPSA) is 69.7 Å². The lowest BCUT2D eigenvalue weighted by atomic mass is 9.99. The Bertz CT molecular complexity index is 1120. The van der Waals surface area contributed by atoms with Crippen molar-refractivity contribution in [1.29, 1.82) is 0 Å². The summed E-state index contributed by atoms with van der Waals surface area (Å²) < 4.78 is 0. The first kappa shape index (κ1) is 22.1. The number of nitrogens with one attached hydrogen (secondary N) is 1. The maximum atomic E-state index is 13.0. The number of aryl methyl sites for hydroxylation is 2. The highest BCUT2D eigenvalue weighted by atomic mass is 35.5. The Balaban J connectivity index is 1.51. The third kappa shape index (κ3) is 4.15. The molecule has 0 radical (unpaired) electrons. The van der Waals surface area contributed by atoms with E-state index < -0.39 is 11.8 Å². The van der Waals surface area contributed by atoms with Crippen molar-refractivity contribution in [3.63, 3.8) is 0 Å². The van der Waals surface area contributed by atoms with Crippen LogP contribution in [-0.2, 0) is 9.59 Å². The van der Waals surface area contributed by atoms with E-state index in [-0.39, 0.29) is 16.6 Å². The normalized spacial score (nSPS) is 19.1. The highest BCUT2D eigenvalue weighted by Crippen LogP contribution is 2.32. The first-order valence-electron chi connectivity index (χ1n) is 10.8. The molecule has 166 valence electrons. The van der Waals surface area contributed by atoms with Gasteiger partial charge in [-0.15, -0.1) is 0 Å². The number of rotatable bonds is 4. The van der Waals surface area contributed by atoms with Crippen molar-refractivity contribution in [3.8, 4) is 0 Å². The smallest absolute Gasteiger partial charge is 0.283 e. The van der Waals surface area contributed by atoms with Crippen LogP contribution in [0.5, 0.6) is 0 Å². The Hall–Kier alpha value is -3.12. The van der Waals surface area contributed by atoms with Gasteiger partial charge in [0.25, 0.3) is 17.7 Å². The summed E-state index contributed by atoms with van der Waals surface area (Å²) in [6.45, 7) is 7.44. The third-order valence-corrected chi connectivity index (χ3v) is 6.33. The summed E-state index contributed by atoms with van der Waals surface area (Å²) in [6.07, 6.45) is 2.17. The van der Waals surface area contributed by atoms with Crippen LogP contribution >= 0.6 is 11.6 Å². The minimum Gasteiger partial charge on any atom is -0.350 e. The number of hydrogen-bond donors (Lipinski definition) is 1. The van der Waals surface area contributed by atoms with Crippen LogP contribution in [0.1, 0.15) is 41.3 Å². The lowest BCUT2D eigenvalue weighted by molar-refractivity contribution is -0.120. The molecule has 0 bridgehead atoms. The van der Waals surface area contributed by atoms with Crippen LogP contribution in [0.2, 0.25) is 0 Å². The molecule has 2 aromatic rings. The zero-order chi connectivity index (χ0) is 23.0. The Morgan fingerprint density at radius 2 is 1.78 bits per heavy atom. The van der Waals surface area contributed by atoms with Crippen LogP contribution in [0.25, 0.3) is 0 Å². The predicted octanol–water partition coefficient (Wildman–Crippen LogP) is 4.61. The predicted molar refractivity (Wildman–Crippen MR) is 126 cm³/mol. The van der Waals surface area contributed by atoms with Crippen LogP contribution in [-0.4, -0.2) is 35.7 Å². The van der Waals surface area contributed by atoms with E-state index in [2.05, 4.69) is 12.2 Å². The average molecular weight is 452 g/mol. The molecule has 7 heteroatoms. The number of anilines is 2. The van der Waals surface area contributed by atoms with Gasteiger partial charge in [-0.1, -0.05) is 30.7 Å². The highest BCUT2D eigenvalue weighted by Gasteiger charge is 2.39. The minimum atomic E-state index is -0.557. The van der Waals surface area contributed by atoms with Crippen molar-refractivity contribution in [1.82, 2.24) is 4.90 Å². The molecule has 1 fully saturated rings. The molecule has 1 atom stereocenters. The fraction of sp³-hybridized carbons (Fsp3) is 0.320. The van der Waals surface area contributed by atoms with Gasteiger partial charge in [-0.2, -0.15) is 0 Å². The minimum absolute atomic E-state index is 0.00793. The molecular weight excluding hydrogens is 426 g/mol. The maximum Gasteiger partial charge on any atom is 0.283 e. The molecule has 1 unspecified atom stereocenters. The second-order valence-electron chi connectivity index (χ2n) is 8.63. The number of halogens is 1. The summed E-state index contributed by atoms with van der Waals surface area (Å²) >= 11 is 6.25. The van der Waals surface area contributed by atoms with Gasteiger partial charge >= 0.3 is 0 Å². The molecule has 0 aromatic heterocycles. The lowest BCUT2D eigenvalue weighted by Gasteiger charge is -2.31. The van der Waals surface area contributed by atoms with E-state index in [0.29, 0.717) is 22.9 Å². The Kier molecular flexibility index (Phi) is 6.07. The SMILES string of the molecule is Cc1ccc(C)c(N2C(=O)C(Cl)=C(Nc3ccc(C(=O)N4CCCC(C)C4)cc3)C2=O)c1. The van der Waals surface area contributed by atoms with Crippen molar-refractivity contribution in [3.05, 3.63) is 69.9 Å². The molecule has 32 heavy (non-hydrogen) atoms. The number of nitrogens with zero attached hydrogens (tertiary/aromatic N) is 2. The van der Waals surface area contributed by atoms with E-state index in [4.69, 9.17) is 11.6 Å². The highest BCUT2D eigenvalue weighted by molar-refractivity contribution is 6.53. The van der Waals surface area contributed by atoms with Gasteiger partial charge < -0.3 is 10.2 Å². The third-order valence-electron chi connectivity index (χ3n) is 5.98. The molecule has 2 aliphatic rings. The number of hydrogen-bond acceptors (Lipinski definition) is 4. The van der Waals surface area contributed by atoms with Crippen LogP contribution in [0.15, 0.2) is 53.2 Å². The van der Waals surface area contributed by atoms with Crippen molar-refractivity contribution in [2.75, 3.05) is 23.3 Å². The molecule has 1 saturated heterocycles. The van der Waals surface area contributed by atoms with Gasteiger partial charge in [0.05, 0.1) is 5.69 Å². The van der Waals surface area contributed by atoms with Gasteiger partial charge in [0.2, 0.25) is 0 Å². The van der Waals surface area contributed by atoms with E-state index in [0.717, 1.165) is 42.0 Å². The van der Waals surface area contributed by atoms with Crippen molar-refractivity contribution < 1.29 is 14.4 Å². The molecule has 1 N–H and O–H groups in total. The van der Waals surface area contributed by atoms with Gasteiger partial charge in [-0.3, -0.25) is 14.4 Å². The molecule has 0 aliphatic carbocycles. The number of imide groups is 1. The summed E-state index contributed by atoms with van der Waals surface area (Å²) in [4.78, 5) is 41.6. The van der Waals surface area contributed by atoms with Crippen molar-refractivity contribution >= 4 is 40.7 Å². The molecule has 0 spiro atoms. The molecule has 3 amide bonds. The zero-order valence-corrected chi connectivity index (χ0v) is 19.2. The van der Waals surface area contributed by atoms with Crippen LogP contribution < -0.4 is 10.2 Å². The molecule has 2 aromatic carbocycles. The van der Waals surface area contributed by atoms with Crippen LogP contribution in [0.4, 0.5) is 11.4 Å². The zero-order valence-electron chi connectivity index (χ0n) is 18.4. The molecular formula is C25H26ClN3O3. The van der Waals surface area contributed by atoms with Crippen LogP contribution in [0.3, 0.4) is 0 Å². The maximum absolute atomic E-state index is 13.0. The summed E-state index contributed by atoms with van der Waals surface area (Å²) in [5.74, 6) is -0.544. The fourth-order valence-electron chi connectivity index (χ4n) is 4.19. The lowest BCUT2D eigenvalue weighted by Crippen LogP contribution is -2.39. The number of carbonyl (C=O) groups excluding carboxylic acids is 3. The van der Waals surface area contributed by atoms with Gasteiger partial charge in [0, 0.05) is 24.3 Å². The largest absolute Gasteiger partial charge is 0.350 e. The number of likely N-dealkylation sites (tertiary alicyclic amines) is 1. The van der Waals surface area contributed by atoms with E-state index in [1.165, 1.54) is 0 Å². The Morgan fingerprint density at radius 3 is 2.47 bits per heavy atom. The molecule has 0 saturated carbocycles. The quantitative estimate of drug-likeness (QED) is 0.689. The van der Waals surface area contributed by atoms with Crippen LogP contribution in [0, 0.1) is 19.8 Å². The monoisotopic (exact) mass is 451 g/mol. The summed E-state index contributed by atoms with van der Waals surface area (Å²) in [5.41, 5.74) is 3.46. The van der Waals surface area contributed by atoms with Gasteiger partial charge in [-0.05, 0) is 74.1 Å². The standard InChI is InChI=1S/C25H26ClN3O3/c1-15-6-7-17(3)20(13-15)29-24(31)21(26)22(25(29)32)27-19-10-8-18(9-11-19)23(30)28-12-4-5-16(2)14-28/h6-11,13,16,27H,4-5,12,14H2,1-3H3. The average Bonchev–Trinajstić information content (AvgIpc) is 2.98. The van der Waals surface area contributed by atoms with E-state index >= 15 is 0 Å². The number of benzene rings is 2. The first-order chi connectivity index (χ1) is 15.3. The number of piperidine rings is 1. The van der Waals surface area contributed by atoms with Crippen molar-refractivity contribution in [2.24, 2.45) is 5.92 Å². The molecule has 4 rings (SSSR count). The molecule has 2 heterocycles. The van der Waals surface area contributed by atoms with E-state index in [1.807, 2.05) is 30.9 Å². The summed E-state index contributed by atoms with van der Waals surface area (Å²) in [5, 5.41) is 2.81. The second-order valence-corrected chi connectivity index (χ2v) is 9.00. The summed E-state index contributed by atoms with van der Waals surface area (Å²) in [6, 6.07) is 12.5.